The lowest BCUT2D eigenvalue weighted by atomic mass is 10.2. The minimum atomic E-state index is -2.84. The normalized spacial score (nSPS) is 13.4. The molecule has 2 atom stereocenters. The van der Waals surface area contributed by atoms with Crippen LogP contribution in [0.4, 0.5) is 0 Å². The van der Waals surface area contributed by atoms with Crippen molar-refractivity contribution in [3.05, 3.63) is 24.3 Å². The van der Waals surface area contributed by atoms with Gasteiger partial charge in [0.2, 0.25) is 0 Å². The summed E-state index contributed by atoms with van der Waals surface area (Å²) < 4.78 is 27.7. The van der Waals surface area contributed by atoms with Crippen molar-refractivity contribution < 1.29 is 42.6 Å². The van der Waals surface area contributed by atoms with Crippen molar-refractivity contribution in [1.82, 2.24) is 4.90 Å². The first-order valence-corrected chi connectivity index (χ1v) is 13.6. The van der Waals surface area contributed by atoms with E-state index in [9.17, 15) is 19.8 Å². The van der Waals surface area contributed by atoms with Crippen LogP contribution in [-0.4, -0.2) is 101 Å². The van der Waals surface area contributed by atoms with Gasteiger partial charge in [-0.3, -0.25) is 4.90 Å². The Labute approximate surface area is 204 Å². The van der Waals surface area contributed by atoms with Gasteiger partial charge in [-0.25, -0.2) is 9.59 Å². The van der Waals surface area contributed by atoms with E-state index in [2.05, 4.69) is 13.2 Å². The van der Waals surface area contributed by atoms with Crippen LogP contribution in [0.15, 0.2) is 24.3 Å². The SMILES string of the molecule is C=C(C)C(=O)OCC(O)CN(CCC[Si](OCC)(OCC)OCC)CC(O)COC(=O)C(=C)C. The highest BCUT2D eigenvalue weighted by molar-refractivity contribution is 6.60. The lowest BCUT2D eigenvalue weighted by molar-refractivity contribution is -0.142. The molecule has 0 aromatic heterocycles. The molecule has 0 aliphatic carbocycles. The minimum Gasteiger partial charge on any atom is -0.460 e. The highest BCUT2D eigenvalue weighted by atomic mass is 28.4. The van der Waals surface area contributed by atoms with Crippen LogP contribution < -0.4 is 0 Å². The highest BCUT2D eigenvalue weighted by Crippen LogP contribution is 2.19. The number of carbonyl (C=O) groups excluding carboxylic acids is 2. The Morgan fingerprint density at radius 1 is 0.824 bits per heavy atom. The molecule has 0 radical (unpaired) electrons. The molecular formula is C23H43NO9Si. The first-order valence-electron chi connectivity index (χ1n) is 11.7. The Hall–Kier alpha value is -1.60. The fraction of sp³-hybridized carbons (Fsp3) is 0.739. The van der Waals surface area contributed by atoms with Crippen LogP contribution in [0.25, 0.3) is 0 Å². The van der Waals surface area contributed by atoms with Crippen LogP contribution in [0, 0.1) is 0 Å². The minimum absolute atomic E-state index is 0.126. The van der Waals surface area contributed by atoms with E-state index in [-0.39, 0.29) is 37.4 Å². The summed E-state index contributed by atoms with van der Waals surface area (Å²) in [5, 5.41) is 20.7. The van der Waals surface area contributed by atoms with Crippen molar-refractivity contribution >= 4 is 20.7 Å². The molecule has 0 amide bonds. The van der Waals surface area contributed by atoms with Gasteiger partial charge in [0.05, 0.1) is 0 Å². The van der Waals surface area contributed by atoms with E-state index >= 15 is 0 Å². The Morgan fingerprint density at radius 3 is 1.53 bits per heavy atom. The number of aliphatic hydroxyl groups is 2. The van der Waals surface area contributed by atoms with Crippen molar-refractivity contribution in [2.75, 3.05) is 52.7 Å². The first-order chi connectivity index (χ1) is 16.0. The predicted molar refractivity (Wildman–Crippen MR) is 130 cm³/mol. The molecule has 34 heavy (non-hydrogen) atoms. The third kappa shape index (κ3) is 13.9. The summed E-state index contributed by atoms with van der Waals surface area (Å²) in [6, 6.07) is 0.556. The quantitative estimate of drug-likeness (QED) is 0.143. The third-order valence-electron chi connectivity index (χ3n) is 4.50. The molecule has 11 heteroatoms. The Balaban J connectivity index is 5.11. The molecule has 0 saturated heterocycles. The lowest BCUT2D eigenvalue weighted by Gasteiger charge is -2.31. The summed E-state index contributed by atoms with van der Waals surface area (Å²) >= 11 is 0. The van der Waals surface area contributed by atoms with Gasteiger partial charge in [0, 0.05) is 50.1 Å². The maximum Gasteiger partial charge on any atom is 0.500 e. The van der Waals surface area contributed by atoms with Gasteiger partial charge in [0.1, 0.15) is 25.4 Å². The summed E-state index contributed by atoms with van der Waals surface area (Å²) in [4.78, 5) is 25.0. The summed E-state index contributed by atoms with van der Waals surface area (Å²) in [6.07, 6.45) is -1.36. The number of hydrogen-bond donors (Lipinski definition) is 2. The third-order valence-corrected chi connectivity index (χ3v) is 7.65. The molecule has 0 fully saturated rings. The lowest BCUT2D eigenvalue weighted by Crippen LogP contribution is -2.47. The van der Waals surface area contributed by atoms with Gasteiger partial charge in [-0.05, 0) is 47.6 Å². The van der Waals surface area contributed by atoms with E-state index < -0.39 is 33.0 Å². The predicted octanol–water partition coefficient (Wildman–Crippen LogP) is 1.69. The van der Waals surface area contributed by atoms with E-state index in [0.717, 1.165) is 0 Å². The molecule has 0 aromatic rings. The molecule has 0 bridgehead atoms. The van der Waals surface area contributed by atoms with Crippen molar-refractivity contribution in [1.29, 1.82) is 0 Å². The summed E-state index contributed by atoms with van der Waals surface area (Å²) in [5.41, 5.74) is 0.478. The molecule has 0 heterocycles. The highest BCUT2D eigenvalue weighted by Gasteiger charge is 2.39. The van der Waals surface area contributed by atoms with Crippen molar-refractivity contribution in [3.63, 3.8) is 0 Å². The largest absolute Gasteiger partial charge is 0.500 e. The average Bonchev–Trinajstić information content (AvgIpc) is 2.76. The van der Waals surface area contributed by atoms with Crippen LogP contribution in [0.3, 0.4) is 0 Å². The molecule has 2 N–H and O–H groups in total. The van der Waals surface area contributed by atoms with E-state index in [1.807, 2.05) is 25.7 Å². The molecule has 0 spiro atoms. The molecule has 0 rings (SSSR count). The molecule has 2 unspecified atom stereocenters. The van der Waals surface area contributed by atoms with Gasteiger partial charge in [-0.2, -0.15) is 0 Å². The maximum atomic E-state index is 11.6. The number of nitrogens with zero attached hydrogens (tertiary/aromatic N) is 1. The monoisotopic (exact) mass is 505 g/mol. The van der Waals surface area contributed by atoms with Crippen molar-refractivity contribution in [2.45, 2.75) is 59.3 Å². The van der Waals surface area contributed by atoms with E-state index in [1.54, 1.807) is 0 Å². The fourth-order valence-electron chi connectivity index (χ4n) is 3.07. The maximum absolute atomic E-state index is 11.6. The summed E-state index contributed by atoms with van der Waals surface area (Å²) in [6.45, 7) is 17.4. The van der Waals surface area contributed by atoms with Gasteiger partial charge in [-0.15, -0.1) is 0 Å². The van der Waals surface area contributed by atoms with E-state index in [4.69, 9.17) is 22.8 Å². The number of esters is 2. The Kier molecular flexibility index (Phi) is 16.9. The van der Waals surface area contributed by atoms with E-state index in [1.165, 1.54) is 13.8 Å². The standard InChI is InChI=1S/C23H43NO9Si/c1-8-31-34(32-9-2,33-10-3)13-11-12-24(14-20(25)16-29-22(27)18(4)5)15-21(26)17-30-23(28)19(6)7/h20-21,25-26H,4,6,8-17H2,1-3,5,7H3. The van der Waals surface area contributed by atoms with Gasteiger partial charge in [0.25, 0.3) is 0 Å². The van der Waals surface area contributed by atoms with Crippen molar-refractivity contribution in [3.8, 4) is 0 Å². The zero-order valence-corrected chi connectivity index (χ0v) is 22.3. The molecular weight excluding hydrogens is 462 g/mol. The van der Waals surface area contributed by atoms with Crippen molar-refractivity contribution in [2.24, 2.45) is 0 Å². The smallest absolute Gasteiger partial charge is 0.460 e. The van der Waals surface area contributed by atoms with Gasteiger partial charge < -0.3 is 33.0 Å². The second-order valence-corrected chi connectivity index (χ2v) is 10.6. The Morgan fingerprint density at radius 2 is 1.21 bits per heavy atom. The summed E-state index contributed by atoms with van der Waals surface area (Å²) in [5.74, 6) is -1.17. The first kappa shape index (κ1) is 32.4. The molecule has 0 aliphatic rings. The van der Waals surface area contributed by atoms with Gasteiger partial charge in [0.15, 0.2) is 0 Å². The zero-order valence-electron chi connectivity index (χ0n) is 21.3. The number of aliphatic hydroxyl groups excluding tert-OH is 2. The van der Waals surface area contributed by atoms with Gasteiger partial charge in [-0.1, -0.05) is 13.2 Å². The van der Waals surface area contributed by atoms with Gasteiger partial charge >= 0.3 is 20.7 Å². The molecule has 0 aromatic carbocycles. The second kappa shape index (κ2) is 17.8. The molecule has 0 saturated carbocycles. The number of carbonyl (C=O) groups is 2. The van der Waals surface area contributed by atoms with Crippen LogP contribution >= 0.6 is 0 Å². The number of rotatable bonds is 20. The van der Waals surface area contributed by atoms with Crippen LogP contribution in [0.5, 0.6) is 0 Å². The molecule has 0 aliphatic heterocycles. The summed E-state index contributed by atoms with van der Waals surface area (Å²) in [7, 11) is -2.84. The number of hydrogen-bond acceptors (Lipinski definition) is 10. The number of ether oxygens (including phenoxy) is 2. The zero-order chi connectivity index (χ0) is 26.1. The Bertz CT molecular complexity index is 589. The van der Waals surface area contributed by atoms with E-state index in [0.29, 0.717) is 38.8 Å². The van der Waals surface area contributed by atoms with Crippen LogP contribution in [0.2, 0.25) is 6.04 Å². The van der Waals surface area contributed by atoms with Crippen LogP contribution in [-0.2, 0) is 32.3 Å². The molecule has 198 valence electrons. The average molecular weight is 506 g/mol. The fourth-order valence-corrected chi connectivity index (χ4v) is 5.66. The second-order valence-electron chi connectivity index (χ2n) is 7.91. The molecule has 10 nitrogen and oxygen atoms in total. The van der Waals surface area contributed by atoms with Crippen LogP contribution in [0.1, 0.15) is 41.0 Å². The topological polar surface area (TPSA) is 124 Å².